The van der Waals surface area contributed by atoms with Crippen molar-refractivity contribution in [1.82, 2.24) is 0 Å². The second-order valence-electron chi connectivity index (χ2n) is 4.34. The van der Waals surface area contributed by atoms with Crippen molar-refractivity contribution in [2.45, 2.75) is 26.1 Å². The van der Waals surface area contributed by atoms with Gasteiger partial charge in [-0.3, -0.25) is 10.1 Å². The van der Waals surface area contributed by atoms with Crippen molar-refractivity contribution in [3.63, 3.8) is 0 Å². The van der Waals surface area contributed by atoms with E-state index in [9.17, 15) is 23.3 Å². The number of hydrogen-bond donors (Lipinski definition) is 1. The van der Waals surface area contributed by atoms with Gasteiger partial charge in [-0.05, 0) is 26.0 Å². The summed E-state index contributed by atoms with van der Waals surface area (Å²) >= 11 is 0. The molecule has 1 aromatic carbocycles. The summed E-state index contributed by atoms with van der Waals surface area (Å²) in [7, 11) is 0. The van der Waals surface area contributed by atoms with Gasteiger partial charge in [0.15, 0.2) is 0 Å². The summed E-state index contributed by atoms with van der Waals surface area (Å²) < 4.78 is 37.4. The molecule has 1 aromatic rings. The molecule has 0 spiro atoms. The first-order chi connectivity index (χ1) is 8.61. The smallest absolute Gasteiger partial charge is 0.393 e. The van der Waals surface area contributed by atoms with Crippen LogP contribution < -0.4 is 10.6 Å². The summed E-state index contributed by atoms with van der Waals surface area (Å²) in [5, 5.41) is 10.6. The average molecular weight is 277 g/mol. The van der Waals surface area contributed by atoms with Crippen molar-refractivity contribution in [2.75, 3.05) is 17.2 Å². The molecular formula is C11H14F3N3O2. The van der Waals surface area contributed by atoms with Gasteiger partial charge in [-0.1, -0.05) is 0 Å². The van der Waals surface area contributed by atoms with Crippen molar-refractivity contribution in [2.24, 2.45) is 0 Å². The van der Waals surface area contributed by atoms with E-state index < -0.39 is 23.7 Å². The highest BCUT2D eigenvalue weighted by Crippen LogP contribution is 2.30. The third kappa shape index (κ3) is 4.01. The van der Waals surface area contributed by atoms with Crippen LogP contribution in [0.4, 0.5) is 30.2 Å². The fourth-order valence-corrected chi connectivity index (χ4v) is 1.65. The number of halogens is 3. The molecule has 0 heterocycles. The van der Waals surface area contributed by atoms with E-state index >= 15 is 0 Å². The molecule has 19 heavy (non-hydrogen) atoms. The highest BCUT2D eigenvalue weighted by Gasteiger charge is 2.32. The zero-order chi connectivity index (χ0) is 14.8. The predicted molar refractivity (Wildman–Crippen MR) is 66.0 cm³/mol. The minimum Gasteiger partial charge on any atom is -0.393 e. The molecule has 0 saturated carbocycles. The van der Waals surface area contributed by atoms with E-state index in [1.807, 2.05) is 0 Å². The number of nitro benzene ring substituents is 1. The first kappa shape index (κ1) is 15.1. The number of nitrogens with zero attached hydrogens (tertiary/aromatic N) is 2. The maximum atomic E-state index is 12.5. The van der Waals surface area contributed by atoms with Gasteiger partial charge in [0.25, 0.3) is 5.69 Å². The van der Waals surface area contributed by atoms with E-state index in [2.05, 4.69) is 0 Å². The molecule has 0 aliphatic carbocycles. The molecule has 1 rings (SSSR count). The van der Waals surface area contributed by atoms with Crippen LogP contribution in [0, 0.1) is 10.1 Å². The largest absolute Gasteiger partial charge is 0.405 e. The lowest BCUT2D eigenvalue weighted by molar-refractivity contribution is -0.383. The molecule has 0 saturated heterocycles. The van der Waals surface area contributed by atoms with Crippen molar-refractivity contribution in [3.8, 4) is 0 Å². The molecular weight excluding hydrogens is 263 g/mol. The van der Waals surface area contributed by atoms with Crippen LogP contribution in [0.5, 0.6) is 0 Å². The first-order valence-corrected chi connectivity index (χ1v) is 5.49. The lowest BCUT2D eigenvalue weighted by Crippen LogP contribution is -2.39. The standard InChI is InChI=1S/C11H14F3N3O2/c1-7(2)16(6-11(12,13)14)8-3-4-10(17(18)19)9(15)5-8/h3-5,7H,6,15H2,1-2H3. The fourth-order valence-electron chi connectivity index (χ4n) is 1.65. The van der Waals surface area contributed by atoms with Crippen LogP contribution in [-0.2, 0) is 0 Å². The second-order valence-corrected chi connectivity index (χ2v) is 4.34. The molecule has 0 aliphatic heterocycles. The summed E-state index contributed by atoms with van der Waals surface area (Å²) in [6, 6.07) is 3.14. The minimum absolute atomic E-state index is 0.157. The Hall–Kier alpha value is -1.99. The summed E-state index contributed by atoms with van der Waals surface area (Å²) in [5.74, 6) is 0. The number of hydrogen-bond acceptors (Lipinski definition) is 4. The normalized spacial score (nSPS) is 11.7. The van der Waals surface area contributed by atoms with E-state index in [0.717, 1.165) is 11.0 Å². The van der Waals surface area contributed by atoms with Gasteiger partial charge in [-0.2, -0.15) is 13.2 Å². The van der Waals surface area contributed by atoms with Crippen molar-refractivity contribution < 1.29 is 18.1 Å². The average Bonchev–Trinajstić information content (AvgIpc) is 2.23. The van der Waals surface area contributed by atoms with Gasteiger partial charge in [0, 0.05) is 17.8 Å². The number of alkyl halides is 3. The molecule has 0 unspecified atom stereocenters. The molecule has 0 aromatic heterocycles. The van der Waals surface area contributed by atoms with Gasteiger partial charge in [0.1, 0.15) is 12.2 Å². The molecule has 0 amide bonds. The van der Waals surface area contributed by atoms with Gasteiger partial charge in [0.2, 0.25) is 0 Å². The van der Waals surface area contributed by atoms with E-state index in [-0.39, 0.29) is 17.1 Å². The third-order valence-electron chi connectivity index (χ3n) is 2.51. The van der Waals surface area contributed by atoms with Gasteiger partial charge >= 0.3 is 6.18 Å². The van der Waals surface area contributed by atoms with Crippen molar-refractivity contribution in [1.29, 1.82) is 0 Å². The Morgan fingerprint density at radius 2 is 2.00 bits per heavy atom. The highest BCUT2D eigenvalue weighted by atomic mass is 19.4. The van der Waals surface area contributed by atoms with Crippen molar-refractivity contribution in [3.05, 3.63) is 28.3 Å². The van der Waals surface area contributed by atoms with Crippen molar-refractivity contribution >= 4 is 17.1 Å². The number of anilines is 2. The Morgan fingerprint density at radius 3 is 2.37 bits per heavy atom. The molecule has 0 fully saturated rings. The number of benzene rings is 1. The quantitative estimate of drug-likeness (QED) is 0.521. The maximum Gasteiger partial charge on any atom is 0.405 e. The van der Waals surface area contributed by atoms with E-state index in [1.54, 1.807) is 13.8 Å². The topological polar surface area (TPSA) is 72.4 Å². The highest BCUT2D eigenvalue weighted by molar-refractivity contribution is 5.66. The van der Waals surface area contributed by atoms with Gasteiger partial charge in [-0.25, -0.2) is 0 Å². The van der Waals surface area contributed by atoms with Crippen LogP contribution in [0.3, 0.4) is 0 Å². The minimum atomic E-state index is -4.36. The Morgan fingerprint density at radius 1 is 1.42 bits per heavy atom. The summed E-state index contributed by atoms with van der Waals surface area (Å²) in [6.07, 6.45) is -4.36. The zero-order valence-corrected chi connectivity index (χ0v) is 10.4. The summed E-state index contributed by atoms with van der Waals surface area (Å²) in [4.78, 5) is 11.0. The lowest BCUT2D eigenvalue weighted by atomic mass is 10.2. The first-order valence-electron chi connectivity index (χ1n) is 5.49. The third-order valence-corrected chi connectivity index (χ3v) is 2.51. The van der Waals surface area contributed by atoms with Crippen LogP contribution in [0.2, 0.25) is 0 Å². The molecule has 0 atom stereocenters. The van der Waals surface area contributed by atoms with Crippen LogP contribution in [0.25, 0.3) is 0 Å². The molecule has 0 radical (unpaired) electrons. The predicted octanol–water partition coefficient (Wildman–Crippen LogP) is 2.95. The molecule has 106 valence electrons. The molecule has 2 N–H and O–H groups in total. The van der Waals surface area contributed by atoms with Crippen LogP contribution in [-0.4, -0.2) is 23.7 Å². The van der Waals surface area contributed by atoms with Gasteiger partial charge < -0.3 is 10.6 Å². The lowest BCUT2D eigenvalue weighted by Gasteiger charge is -2.30. The van der Waals surface area contributed by atoms with Crippen LogP contribution >= 0.6 is 0 Å². The maximum absolute atomic E-state index is 12.5. The van der Waals surface area contributed by atoms with Gasteiger partial charge in [0.05, 0.1) is 4.92 Å². The zero-order valence-electron chi connectivity index (χ0n) is 10.4. The molecule has 8 heteroatoms. The number of rotatable bonds is 4. The Bertz CT molecular complexity index is 475. The number of nitrogens with two attached hydrogens (primary N) is 1. The van der Waals surface area contributed by atoms with Gasteiger partial charge in [-0.15, -0.1) is 0 Å². The van der Waals surface area contributed by atoms with E-state index in [1.165, 1.54) is 12.1 Å². The number of nitrogen functional groups attached to an aromatic ring is 1. The van der Waals surface area contributed by atoms with Crippen LogP contribution in [0.15, 0.2) is 18.2 Å². The van der Waals surface area contributed by atoms with E-state index in [0.29, 0.717) is 0 Å². The molecule has 5 nitrogen and oxygen atoms in total. The Kier molecular flexibility index (Phi) is 4.23. The molecule has 0 aliphatic rings. The Balaban J connectivity index is 3.11. The second kappa shape index (κ2) is 5.33. The SMILES string of the molecule is CC(C)N(CC(F)(F)F)c1ccc([N+](=O)[O-])c(N)c1. The Labute approximate surface area is 108 Å². The summed E-state index contributed by atoms with van der Waals surface area (Å²) in [6.45, 7) is 2.06. The van der Waals surface area contributed by atoms with Crippen LogP contribution in [0.1, 0.15) is 13.8 Å². The number of nitro groups is 1. The van der Waals surface area contributed by atoms with E-state index in [4.69, 9.17) is 5.73 Å². The summed E-state index contributed by atoms with van der Waals surface area (Å²) in [5.41, 5.74) is 5.20. The monoisotopic (exact) mass is 277 g/mol. The fraction of sp³-hybridized carbons (Fsp3) is 0.455. The molecule has 0 bridgehead atoms.